The second-order valence-corrected chi connectivity index (χ2v) is 6.56. The molecule has 7 heteroatoms. The van der Waals surface area contributed by atoms with Crippen LogP contribution >= 0.6 is 0 Å². The number of hydrogen-bond acceptors (Lipinski definition) is 6. The predicted octanol–water partition coefficient (Wildman–Crippen LogP) is 3.92. The first-order chi connectivity index (χ1) is 13.7. The lowest BCUT2D eigenvalue weighted by molar-refractivity contribution is 0.174. The summed E-state index contributed by atoms with van der Waals surface area (Å²) in [5.74, 6) is 2.62. The van der Waals surface area contributed by atoms with Gasteiger partial charge in [0, 0.05) is 24.8 Å². The molecule has 1 aromatic heterocycles. The summed E-state index contributed by atoms with van der Waals surface area (Å²) in [6.07, 6.45) is 0.761. The second kappa shape index (κ2) is 8.12. The van der Waals surface area contributed by atoms with Crippen molar-refractivity contribution in [2.75, 3.05) is 24.0 Å². The van der Waals surface area contributed by atoms with Crippen molar-refractivity contribution in [3.63, 3.8) is 0 Å². The van der Waals surface area contributed by atoms with E-state index in [-0.39, 0.29) is 12.6 Å². The maximum Gasteiger partial charge on any atom is 0.231 e. The number of ether oxygens (including phenoxy) is 2. The predicted molar refractivity (Wildman–Crippen MR) is 105 cm³/mol. The van der Waals surface area contributed by atoms with Gasteiger partial charge in [-0.15, -0.1) is 0 Å². The molecule has 0 saturated heterocycles. The number of hydrogen-bond donors (Lipinski definition) is 2. The van der Waals surface area contributed by atoms with E-state index < -0.39 is 0 Å². The molecule has 0 amide bonds. The van der Waals surface area contributed by atoms with Gasteiger partial charge in [-0.05, 0) is 48.7 Å². The van der Waals surface area contributed by atoms with Crippen molar-refractivity contribution in [2.45, 2.75) is 19.9 Å². The molecule has 0 saturated carbocycles. The fraction of sp³-hybridized carbons (Fsp3) is 0.238. The van der Waals surface area contributed by atoms with Crippen LogP contribution in [0.3, 0.4) is 0 Å². The van der Waals surface area contributed by atoms with E-state index in [0.717, 1.165) is 40.6 Å². The number of nitrogens with one attached hydrogen (secondary N) is 2. The Hall–Kier alpha value is -3.35. The summed E-state index contributed by atoms with van der Waals surface area (Å²) in [7, 11) is 0. The molecule has 4 rings (SSSR count). The van der Waals surface area contributed by atoms with E-state index in [4.69, 9.17) is 9.47 Å². The molecule has 0 radical (unpaired) electrons. The van der Waals surface area contributed by atoms with Gasteiger partial charge in [-0.2, -0.15) is 4.98 Å². The van der Waals surface area contributed by atoms with Gasteiger partial charge in [-0.25, -0.2) is 9.37 Å². The minimum atomic E-state index is -0.225. The zero-order valence-electron chi connectivity index (χ0n) is 15.5. The van der Waals surface area contributed by atoms with E-state index in [1.54, 1.807) is 12.1 Å². The highest BCUT2D eigenvalue weighted by molar-refractivity contribution is 5.47. The Morgan fingerprint density at radius 1 is 0.929 bits per heavy atom. The number of halogens is 1. The maximum atomic E-state index is 13.0. The van der Waals surface area contributed by atoms with Crippen molar-refractivity contribution in [1.29, 1.82) is 0 Å². The van der Waals surface area contributed by atoms with Crippen LogP contribution in [0.4, 0.5) is 16.2 Å². The van der Waals surface area contributed by atoms with Crippen LogP contribution in [0.5, 0.6) is 11.5 Å². The SMILES string of the molecule is Cc1cc(NCc2ccc3c(c2)OCO3)nc(NCCc2ccc(F)cc2)n1. The van der Waals surface area contributed by atoms with Crippen molar-refractivity contribution in [3.05, 3.63) is 71.2 Å². The van der Waals surface area contributed by atoms with Gasteiger partial charge in [0.2, 0.25) is 12.7 Å². The van der Waals surface area contributed by atoms with Gasteiger partial charge in [0.25, 0.3) is 0 Å². The zero-order valence-corrected chi connectivity index (χ0v) is 15.5. The van der Waals surface area contributed by atoms with Gasteiger partial charge in [-0.3, -0.25) is 0 Å². The fourth-order valence-electron chi connectivity index (χ4n) is 2.95. The average Bonchev–Trinajstić information content (AvgIpc) is 3.15. The summed E-state index contributed by atoms with van der Waals surface area (Å²) in [5, 5.41) is 6.55. The first kappa shape index (κ1) is 18.0. The normalized spacial score (nSPS) is 12.1. The molecule has 0 bridgehead atoms. The second-order valence-electron chi connectivity index (χ2n) is 6.56. The molecular weight excluding hydrogens is 359 g/mol. The molecule has 2 aromatic carbocycles. The lowest BCUT2D eigenvalue weighted by Crippen LogP contribution is -2.10. The van der Waals surface area contributed by atoms with E-state index in [2.05, 4.69) is 20.6 Å². The molecule has 28 heavy (non-hydrogen) atoms. The highest BCUT2D eigenvalue weighted by Crippen LogP contribution is 2.32. The number of rotatable bonds is 7. The van der Waals surface area contributed by atoms with E-state index in [0.29, 0.717) is 19.0 Å². The van der Waals surface area contributed by atoms with E-state index in [1.807, 2.05) is 31.2 Å². The first-order valence-electron chi connectivity index (χ1n) is 9.12. The van der Waals surface area contributed by atoms with Gasteiger partial charge in [-0.1, -0.05) is 18.2 Å². The summed E-state index contributed by atoms with van der Waals surface area (Å²) in [5.41, 5.74) is 3.00. The van der Waals surface area contributed by atoms with Crippen LogP contribution in [-0.4, -0.2) is 23.3 Å². The lowest BCUT2D eigenvalue weighted by atomic mass is 10.1. The molecular formula is C21H21FN4O2. The molecule has 6 nitrogen and oxygen atoms in total. The van der Waals surface area contributed by atoms with Crippen molar-refractivity contribution >= 4 is 11.8 Å². The topological polar surface area (TPSA) is 68.3 Å². The van der Waals surface area contributed by atoms with Gasteiger partial charge in [0.1, 0.15) is 11.6 Å². The third kappa shape index (κ3) is 4.49. The number of benzene rings is 2. The third-order valence-corrected chi connectivity index (χ3v) is 4.37. The number of fused-ring (bicyclic) bond motifs is 1. The minimum Gasteiger partial charge on any atom is -0.454 e. The summed E-state index contributed by atoms with van der Waals surface area (Å²) in [6.45, 7) is 3.47. The summed E-state index contributed by atoms with van der Waals surface area (Å²) >= 11 is 0. The summed E-state index contributed by atoms with van der Waals surface area (Å²) < 4.78 is 23.7. The van der Waals surface area contributed by atoms with Crippen molar-refractivity contribution < 1.29 is 13.9 Å². The molecule has 3 aromatic rings. The zero-order chi connectivity index (χ0) is 19.3. The Kier molecular flexibility index (Phi) is 5.23. The molecule has 144 valence electrons. The van der Waals surface area contributed by atoms with E-state index >= 15 is 0 Å². The van der Waals surface area contributed by atoms with Gasteiger partial charge < -0.3 is 20.1 Å². The molecule has 2 heterocycles. The Morgan fingerprint density at radius 3 is 2.57 bits per heavy atom. The number of nitrogens with zero attached hydrogens (tertiary/aromatic N) is 2. The molecule has 1 aliphatic heterocycles. The lowest BCUT2D eigenvalue weighted by Gasteiger charge is -2.10. The molecule has 0 unspecified atom stereocenters. The van der Waals surface area contributed by atoms with Crippen LogP contribution in [0.2, 0.25) is 0 Å². The standard InChI is InChI=1S/C21H21FN4O2/c1-14-10-20(24-12-16-4-7-18-19(11-16)28-13-27-18)26-21(25-14)23-9-8-15-2-5-17(22)6-3-15/h2-7,10-11H,8-9,12-13H2,1H3,(H2,23,24,25,26). The summed E-state index contributed by atoms with van der Waals surface area (Å²) in [4.78, 5) is 8.94. The number of aryl methyl sites for hydroxylation is 1. The largest absolute Gasteiger partial charge is 0.454 e. The average molecular weight is 380 g/mol. The third-order valence-electron chi connectivity index (χ3n) is 4.37. The van der Waals surface area contributed by atoms with Crippen LogP contribution in [0.15, 0.2) is 48.5 Å². The Balaban J connectivity index is 1.34. The Labute approximate surface area is 162 Å². The Morgan fingerprint density at radius 2 is 1.71 bits per heavy atom. The molecule has 0 atom stereocenters. The first-order valence-corrected chi connectivity index (χ1v) is 9.12. The minimum absolute atomic E-state index is 0.225. The quantitative estimate of drug-likeness (QED) is 0.648. The van der Waals surface area contributed by atoms with E-state index in [1.165, 1.54) is 12.1 Å². The molecule has 0 fully saturated rings. The summed E-state index contributed by atoms with van der Waals surface area (Å²) in [6, 6.07) is 14.3. The number of anilines is 2. The van der Waals surface area contributed by atoms with Crippen LogP contribution in [0.1, 0.15) is 16.8 Å². The van der Waals surface area contributed by atoms with Crippen molar-refractivity contribution in [1.82, 2.24) is 9.97 Å². The van der Waals surface area contributed by atoms with E-state index in [9.17, 15) is 4.39 Å². The fourth-order valence-corrected chi connectivity index (χ4v) is 2.95. The van der Waals surface area contributed by atoms with Crippen LogP contribution < -0.4 is 20.1 Å². The number of aromatic nitrogens is 2. The Bertz CT molecular complexity index is 963. The molecule has 1 aliphatic rings. The van der Waals surface area contributed by atoms with Crippen LogP contribution in [0, 0.1) is 12.7 Å². The van der Waals surface area contributed by atoms with Gasteiger partial charge >= 0.3 is 0 Å². The van der Waals surface area contributed by atoms with Gasteiger partial charge in [0.05, 0.1) is 0 Å². The highest BCUT2D eigenvalue weighted by Gasteiger charge is 2.13. The molecule has 0 spiro atoms. The van der Waals surface area contributed by atoms with Gasteiger partial charge in [0.15, 0.2) is 11.5 Å². The van der Waals surface area contributed by atoms with Crippen molar-refractivity contribution in [2.24, 2.45) is 0 Å². The highest BCUT2D eigenvalue weighted by atomic mass is 19.1. The molecule has 2 N–H and O–H groups in total. The smallest absolute Gasteiger partial charge is 0.231 e. The van der Waals surface area contributed by atoms with Crippen LogP contribution in [0.25, 0.3) is 0 Å². The van der Waals surface area contributed by atoms with Crippen LogP contribution in [-0.2, 0) is 13.0 Å². The monoisotopic (exact) mass is 380 g/mol. The maximum absolute atomic E-state index is 13.0. The molecule has 0 aliphatic carbocycles. The van der Waals surface area contributed by atoms with Crippen molar-refractivity contribution in [3.8, 4) is 11.5 Å².